The van der Waals surface area contributed by atoms with Gasteiger partial charge < -0.3 is 20.3 Å². The van der Waals surface area contributed by atoms with Crippen molar-refractivity contribution in [2.45, 2.75) is 96.9 Å². The van der Waals surface area contributed by atoms with Crippen LogP contribution < -0.4 is 10.6 Å². The number of benzene rings is 3. The Morgan fingerprint density at radius 2 is 1.41 bits per heavy atom. The maximum atomic E-state index is 14.7. The Morgan fingerprint density at radius 3 is 2.04 bits per heavy atom. The molecule has 46 heavy (non-hydrogen) atoms. The minimum atomic E-state index is -1.02. The summed E-state index contributed by atoms with van der Waals surface area (Å²) >= 11 is 0. The quantitative estimate of drug-likeness (QED) is 0.129. The summed E-state index contributed by atoms with van der Waals surface area (Å²) in [7, 11) is 0. The number of carbonyl (C=O) groups is 3. The molecule has 0 saturated heterocycles. The Labute approximate surface area is 275 Å². The van der Waals surface area contributed by atoms with Gasteiger partial charge in [0.15, 0.2) is 0 Å². The highest BCUT2D eigenvalue weighted by molar-refractivity contribution is 5.92. The minimum Gasteiger partial charge on any atom is -0.444 e. The molecule has 2 atom stereocenters. The van der Waals surface area contributed by atoms with E-state index in [1.807, 2.05) is 72.8 Å². The molecule has 0 aliphatic heterocycles. The SMILES string of the molecule is C#Cc1ccccc1C(C(=O)NCc1ccccc1)N(CCCCCCCC)C(=O)C(Cc1ccccc1)NC(=O)OC(C)(C)C. The molecule has 0 aliphatic carbocycles. The Bertz CT molecular complexity index is 1430. The van der Waals surface area contributed by atoms with Crippen molar-refractivity contribution in [3.8, 4) is 12.3 Å². The molecule has 3 amide bonds. The van der Waals surface area contributed by atoms with E-state index in [1.54, 1.807) is 37.8 Å². The Hall–Kier alpha value is -4.57. The van der Waals surface area contributed by atoms with Crippen LogP contribution in [0.25, 0.3) is 0 Å². The molecule has 0 aromatic heterocycles. The molecular weight excluding hydrogens is 574 g/mol. The van der Waals surface area contributed by atoms with Gasteiger partial charge in [0, 0.05) is 25.1 Å². The van der Waals surface area contributed by atoms with Crippen molar-refractivity contribution in [2.75, 3.05) is 6.54 Å². The summed E-state index contributed by atoms with van der Waals surface area (Å²) in [6.07, 6.45) is 11.5. The van der Waals surface area contributed by atoms with Crippen LogP contribution in [0.15, 0.2) is 84.9 Å². The lowest BCUT2D eigenvalue weighted by Gasteiger charge is -2.35. The van der Waals surface area contributed by atoms with Crippen LogP contribution >= 0.6 is 0 Å². The van der Waals surface area contributed by atoms with Crippen molar-refractivity contribution in [3.05, 3.63) is 107 Å². The number of hydrogen-bond donors (Lipinski definition) is 2. The first-order valence-electron chi connectivity index (χ1n) is 16.3. The third-order valence-corrected chi connectivity index (χ3v) is 7.59. The summed E-state index contributed by atoms with van der Waals surface area (Å²) in [5, 5.41) is 5.88. The van der Waals surface area contributed by atoms with Crippen LogP contribution in [-0.2, 0) is 27.3 Å². The molecule has 7 nitrogen and oxygen atoms in total. The van der Waals surface area contributed by atoms with Gasteiger partial charge in [0.2, 0.25) is 11.8 Å². The van der Waals surface area contributed by atoms with Crippen LogP contribution in [-0.4, -0.2) is 41.0 Å². The molecule has 3 aromatic rings. The van der Waals surface area contributed by atoms with Gasteiger partial charge in [-0.3, -0.25) is 9.59 Å². The van der Waals surface area contributed by atoms with Gasteiger partial charge in [-0.2, -0.15) is 0 Å². The van der Waals surface area contributed by atoms with Gasteiger partial charge in [0.25, 0.3) is 0 Å². The van der Waals surface area contributed by atoms with Crippen molar-refractivity contribution in [1.82, 2.24) is 15.5 Å². The van der Waals surface area contributed by atoms with Crippen LogP contribution in [0.3, 0.4) is 0 Å². The summed E-state index contributed by atoms with van der Waals surface area (Å²) in [6, 6.07) is 24.3. The molecule has 0 radical (unpaired) electrons. The zero-order valence-corrected chi connectivity index (χ0v) is 27.8. The molecule has 0 aliphatic rings. The van der Waals surface area contributed by atoms with E-state index in [-0.39, 0.29) is 24.8 Å². The molecule has 7 heteroatoms. The molecule has 3 rings (SSSR count). The molecule has 2 N–H and O–H groups in total. The summed E-state index contributed by atoms with van der Waals surface area (Å²) in [6.45, 7) is 8.10. The number of ether oxygens (including phenoxy) is 1. The summed E-state index contributed by atoms with van der Waals surface area (Å²) in [5.41, 5.74) is 2.13. The van der Waals surface area contributed by atoms with Crippen LogP contribution in [0.4, 0.5) is 4.79 Å². The molecule has 0 saturated carbocycles. The number of carbonyl (C=O) groups excluding carboxylic acids is 3. The maximum Gasteiger partial charge on any atom is 0.408 e. The lowest BCUT2D eigenvalue weighted by Crippen LogP contribution is -2.54. The maximum absolute atomic E-state index is 14.7. The number of nitrogens with one attached hydrogen (secondary N) is 2. The number of unbranched alkanes of at least 4 members (excludes halogenated alkanes) is 5. The fraction of sp³-hybridized carbons (Fsp3) is 0.410. The predicted molar refractivity (Wildman–Crippen MR) is 184 cm³/mol. The van der Waals surface area contributed by atoms with E-state index in [0.717, 1.165) is 43.2 Å². The molecule has 0 fully saturated rings. The lowest BCUT2D eigenvalue weighted by molar-refractivity contribution is -0.142. The van der Waals surface area contributed by atoms with E-state index in [2.05, 4.69) is 23.5 Å². The number of nitrogens with zero attached hydrogens (tertiary/aromatic N) is 1. The number of amides is 3. The normalized spacial score (nSPS) is 12.3. The van der Waals surface area contributed by atoms with Gasteiger partial charge in [-0.05, 0) is 49.9 Å². The number of rotatable bonds is 16. The van der Waals surface area contributed by atoms with E-state index < -0.39 is 23.8 Å². The Balaban J connectivity index is 2.04. The van der Waals surface area contributed by atoms with Crippen molar-refractivity contribution >= 4 is 17.9 Å². The van der Waals surface area contributed by atoms with Gasteiger partial charge in [-0.25, -0.2) is 4.79 Å². The Morgan fingerprint density at radius 1 is 0.826 bits per heavy atom. The van der Waals surface area contributed by atoms with Crippen molar-refractivity contribution in [1.29, 1.82) is 0 Å². The zero-order valence-electron chi connectivity index (χ0n) is 27.8. The van der Waals surface area contributed by atoms with E-state index in [4.69, 9.17) is 11.2 Å². The lowest BCUT2D eigenvalue weighted by atomic mass is 9.96. The second kappa shape index (κ2) is 18.4. The van der Waals surface area contributed by atoms with Crippen molar-refractivity contribution in [3.63, 3.8) is 0 Å². The first kappa shape index (κ1) is 35.9. The van der Waals surface area contributed by atoms with E-state index >= 15 is 0 Å². The van der Waals surface area contributed by atoms with E-state index in [0.29, 0.717) is 24.1 Å². The molecule has 0 spiro atoms. The van der Waals surface area contributed by atoms with Gasteiger partial charge in [-0.1, -0.05) is 124 Å². The number of terminal acetylenes is 1. The highest BCUT2D eigenvalue weighted by Gasteiger charge is 2.37. The standard InChI is InChI=1S/C39H49N3O4/c1-6-8-9-10-11-20-27-42(37(44)34(28-30-21-14-12-15-22-30)41-38(45)46-39(3,4)5)35(33-26-19-18-25-32(33)7-2)36(43)40-29-31-23-16-13-17-24-31/h2,12-19,21-26,34-35H,6,8-11,20,27-29H2,1,3-5H3,(H,40,43)(H,41,45). The molecular formula is C39H49N3O4. The summed E-state index contributed by atoms with van der Waals surface area (Å²) in [4.78, 5) is 43.6. The third-order valence-electron chi connectivity index (χ3n) is 7.59. The minimum absolute atomic E-state index is 0.223. The molecule has 3 aromatic carbocycles. The average Bonchev–Trinajstić information content (AvgIpc) is 3.04. The molecule has 2 unspecified atom stereocenters. The molecule has 0 bridgehead atoms. The molecule has 0 heterocycles. The van der Waals surface area contributed by atoms with Gasteiger partial charge in [0.1, 0.15) is 17.7 Å². The largest absolute Gasteiger partial charge is 0.444 e. The van der Waals surface area contributed by atoms with Gasteiger partial charge >= 0.3 is 6.09 Å². The highest BCUT2D eigenvalue weighted by Crippen LogP contribution is 2.27. The first-order valence-corrected chi connectivity index (χ1v) is 16.3. The van der Waals surface area contributed by atoms with E-state index in [9.17, 15) is 14.4 Å². The summed E-state index contributed by atoms with van der Waals surface area (Å²) < 4.78 is 5.56. The fourth-order valence-corrected chi connectivity index (χ4v) is 5.33. The second-order valence-electron chi connectivity index (χ2n) is 12.5. The molecule has 244 valence electrons. The van der Waals surface area contributed by atoms with Crippen LogP contribution in [0.1, 0.15) is 94.5 Å². The average molecular weight is 624 g/mol. The second-order valence-corrected chi connectivity index (χ2v) is 12.5. The third kappa shape index (κ3) is 11.7. The predicted octanol–water partition coefficient (Wildman–Crippen LogP) is 7.35. The Kier molecular flexibility index (Phi) is 14.4. The zero-order chi connectivity index (χ0) is 33.4. The van der Waals surface area contributed by atoms with E-state index in [1.165, 1.54) is 0 Å². The highest BCUT2D eigenvalue weighted by atomic mass is 16.6. The van der Waals surface area contributed by atoms with Crippen molar-refractivity contribution in [2.24, 2.45) is 0 Å². The number of alkyl carbamates (subject to hydrolysis) is 1. The number of hydrogen-bond acceptors (Lipinski definition) is 4. The van der Waals surface area contributed by atoms with Crippen molar-refractivity contribution < 1.29 is 19.1 Å². The summed E-state index contributed by atoms with van der Waals surface area (Å²) in [5.74, 6) is 1.98. The van der Waals surface area contributed by atoms with Gasteiger partial charge in [-0.15, -0.1) is 6.42 Å². The topological polar surface area (TPSA) is 87.7 Å². The van der Waals surface area contributed by atoms with Crippen LogP contribution in [0, 0.1) is 12.3 Å². The monoisotopic (exact) mass is 623 g/mol. The smallest absolute Gasteiger partial charge is 0.408 e. The van der Waals surface area contributed by atoms with Crippen LogP contribution in [0.2, 0.25) is 0 Å². The first-order chi connectivity index (χ1) is 22.1. The van der Waals surface area contributed by atoms with Gasteiger partial charge in [0.05, 0.1) is 0 Å². The van der Waals surface area contributed by atoms with Crippen LogP contribution in [0.5, 0.6) is 0 Å². The fourth-order valence-electron chi connectivity index (χ4n) is 5.33.